The van der Waals surface area contributed by atoms with Crippen molar-refractivity contribution in [1.82, 2.24) is 15.1 Å². The summed E-state index contributed by atoms with van der Waals surface area (Å²) in [5.74, 6) is 1.00. The smallest absolute Gasteiger partial charge is 0.229 e. The molecular weight excluding hydrogens is 232 g/mol. The van der Waals surface area contributed by atoms with E-state index >= 15 is 0 Å². The van der Waals surface area contributed by atoms with Crippen molar-refractivity contribution in [3.8, 4) is 11.5 Å². The molecule has 0 aliphatic heterocycles. The maximum Gasteiger partial charge on any atom is 0.229 e. The zero-order valence-corrected chi connectivity index (χ0v) is 10.5. The Morgan fingerprint density at radius 1 is 1.50 bits per heavy atom. The Morgan fingerprint density at radius 3 is 3.00 bits per heavy atom. The molecular formula is C12H16N4O2. The highest BCUT2D eigenvalue weighted by Gasteiger charge is 2.15. The lowest BCUT2D eigenvalue weighted by Crippen LogP contribution is -2.24. The first kappa shape index (κ1) is 12.7. The van der Waals surface area contributed by atoms with E-state index in [1.165, 1.54) is 0 Å². The predicted molar refractivity (Wildman–Crippen MR) is 65.8 cm³/mol. The number of ether oxygens (including phenoxy) is 1. The van der Waals surface area contributed by atoms with Gasteiger partial charge in [-0.3, -0.25) is 4.98 Å². The van der Waals surface area contributed by atoms with Crippen molar-refractivity contribution in [2.45, 2.75) is 19.4 Å². The number of aromatic nitrogens is 3. The molecule has 1 unspecified atom stereocenters. The van der Waals surface area contributed by atoms with Crippen LogP contribution >= 0.6 is 0 Å². The third-order valence-electron chi connectivity index (χ3n) is 2.69. The molecule has 6 nitrogen and oxygen atoms in total. The Bertz CT molecular complexity index is 508. The van der Waals surface area contributed by atoms with Gasteiger partial charge in [0.05, 0.1) is 12.5 Å². The molecule has 2 heterocycles. The fourth-order valence-corrected chi connectivity index (χ4v) is 1.61. The molecule has 2 aromatic rings. The Hall–Kier alpha value is -1.79. The summed E-state index contributed by atoms with van der Waals surface area (Å²) < 4.78 is 10.3. The number of nitrogens with two attached hydrogens (primary N) is 1. The molecule has 0 saturated carbocycles. The first-order chi connectivity index (χ1) is 8.74. The van der Waals surface area contributed by atoms with E-state index in [4.69, 9.17) is 15.0 Å². The van der Waals surface area contributed by atoms with E-state index in [0.717, 1.165) is 11.3 Å². The van der Waals surface area contributed by atoms with E-state index in [1.807, 2.05) is 19.1 Å². The monoisotopic (exact) mass is 248 g/mol. The summed E-state index contributed by atoms with van der Waals surface area (Å²) >= 11 is 0. The second-order valence-corrected chi connectivity index (χ2v) is 3.98. The second kappa shape index (κ2) is 5.70. The van der Waals surface area contributed by atoms with Gasteiger partial charge in [-0.25, -0.2) is 0 Å². The van der Waals surface area contributed by atoms with Crippen LogP contribution in [0.3, 0.4) is 0 Å². The number of hydrogen-bond donors (Lipinski definition) is 1. The zero-order valence-electron chi connectivity index (χ0n) is 10.5. The minimum Gasteiger partial charge on any atom is -0.380 e. The van der Waals surface area contributed by atoms with E-state index in [-0.39, 0.29) is 6.10 Å². The highest BCUT2D eigenvalue weighted by molar-refractivity contribution is 5.53. The topological polar surface area (TPSA) is 87.1 Å². The molecule has 1 atom stereocenters. The van der Waals surface area contributed by atoms with Crippen molar-refractivity contribution in [2.75, 3.05) is 13.7 Å². The normalized spacial score (nSPS) is 12.6. The summed E-state index contributed by atoms with van der Waals surface area (Å²) in [6.45, 7) is 2.37. The molecule has 6 heteroatoms. The minimum atomic E-state index is -0.108. The van der Waals surface area contributed by atoms with Gasteiger partial charge in [0.1, 0.15) is 5.69 Å². The van der Waals surface area contributed by atoms with Crippen LogP contribution in [0.1, 0.15) is 11.5 Å². The average molecular weight is 248 g/mol. The van der Waals surface area contributed by atoms with Crippen LogP contribution in [0.25, 0.3) is 11.5 Å². The van der Waals surface area contributed by atoms with Gasteiger partial charge in [-0.1, -0.05) is 11.2 Å². The summed E-state index contributed by atoms with van der Waals surface area (Å²) in [6.07, 6.45) is 2.10. The lowest BCUT2D eigenvalue weighted by atomic mass is 10.2. The van der Waals surface area contributed by atoms with Crippen LogP contribution < -0.4 is 5.73 Å². The third-order valence-corrected chi connectivity index (χ3v) is 2.69. The van der Waals surface area contributed by atoms with E-state index in [0.29, 0.717) is 24.7 Å². The molecule has 0 bridgehead atoms. The van der Waals surface area contributed by atoms with Crippen LogP contribution in [0.2, 0.25) is 0 Å². The highest BCUT2D eigenvalue weighted by Crippen LogP contribution is 2.17. The van der Waals surface area contributed by atoms with Gasteiger partial charge in [0.25, 0.3) is 0 Å². The first-order valence-corrected chi connectivity index (χ1v) is 5.72. The molecule has 0 aromatic carbocycles. The predicted octanol–water partition coefficient (Wildman–Crippen LogP) is 0.956. The first-order valence-electron chi connectivity index (χ1n) is 5.72. The lowest BCUT2D eigenvalue weighted by Gasteiger charge is -2.08. The van der Waals surface area contributed by atoms with Crippen LogP contribution in [0.15, 0.2) is 22.9 Å². The van der Waals surface area contributed by atoms with Crippen molar-refractivity contribution in [3.63, 3.8) is 0 Å². The van der Waals surface area contributed by atoms with Crippen LogP contribution in [-0.2, 0) is 11.2 Å². The average Bonchev–Trinajstić information content (AvgIpc) is 2.85. The highest BCUT2D eigenvalue weighted by atomic mass is 16.5. The standard InChI is InChI=1S/C12H16N4O2/c1-8-4-3-5-14-11(8)12-15-10(18-16-12)6-9(7-13)17-2/h3-5,9H,6-7,13H2,1-2H3. The number of hydrogen-bond acceptors (Lipinski definition) is 6. The van der Waals surface area contributed by atoms with E-state index < -0.39 is 0 Å². The molecule has 0 aliphatic carbocycles. The van der Waals surface area contributed by atoms with Gasteiger partial charge in [0.15, 0.2) is 0 Å². The molecule has 0 radical (unpaired) electrons. The number of nitrogens with zero attached hydrogens (tertiary/aromatic N) is 3. The summed E-state index contributed by atoms with van der Waals surface area (Å²) in [6, 6.07) is 3.82. The van der Waals surface area contributed by atoms with E-state index in [9.17, 15) is 0 Å². The second-order valence-electron chi connectivity index (χ2n) is 3.98. The summed E-state index contributed by atoms with van der Waals surface area (Å²) in [5.41, 5.74) is 7.28. The van der Waals surface area contributed by atoms with Gasteiger partial charge < -0.3 is 15.0 Å². The Balaban J connectivity index is 2.18. The molecule has 2 aromatic heterocycles. The molecule has 96 valence electrons. The molecule has 0 aliphatic rings. The third kappa shape index (κ3) is 2.72. The quantitative estimate of drug-likeness (QED) is 0.847. The maximum absolute atomic E-state index is 5.55. The van der Waals surface area contributed by atoms with Gasteiger partial charge in [-0.2, -0.15) is 4.98 Å². The summed E-state index contributed by atoms with van der Waals surface area (Å²) in [5, 5.41) is 3.92. The molecule has 0 saturated heterocycles. The van der Waals surface area contributed by atoms with Gasteiger partial charge in [0, 0.05) is 19.9 Å². The number of aryl methyl sites for hydroxylation is 1. The molecule has 2 N–H and O–H groups in total. The van der Waals surface area contributed by atoms with Gasteiger partial charge in [-0.15, -0.1) is 0 Å². The largest absolute Gasteiger partial charge is 0.380 e. The van der Waals surface area contributed by atoms with Crippen molar-refractivity contribution in [2.24, 2.45) is 5.73 Å². The van der Waals surface area contributed by atoms with Crippen molar-refractivity contribution in [1.29, 1.82) is 0 Å². The Kier molecular flexibility index (Phi) is 4.01. The van der Waals surface area contributed by atoms with Crippen LogP contribution in [0.4, 0.5) is 0 Å². The Morgan fingerprint density at radius 2 is 2.33 bits per heavy atom. The van der Waals surface area contributed by atoms with Gasteiger partial charge in [0.2, 0.25) is 11.7 Å². The van der Waals surface area contributed by atoms with Crippen molar-refractivity contribution in [3.05, 3.63) is 29.8 Å². The fourth-order valence-electron chi connectivity index (χ4n) is 1.61. The van der Waals surface area contributed by atoms with E-state index in [2.05, 4.69) is 15.1 Å². The van der Waals surface area contributed by atoms with E-state index in [1.54, 1.807) is 13.3 Å². The SMILES string of the molecule is COC(CN)Cc1nc(-c2ncccc2C)no1. The molecule has 18 heavy (non-hydrogen) atoms. The molecule has 0 amide bonds. The summed E-state index contributed by atoms with van der Waals surface area (Å²) in [7, 11) is 1.61. The van der Waals surface area contributed by atoms with Crippen molar-refractivity contribution >= 4 is 0 Å². The maximum atomic E-state index is 5.55. The molecule has 0 spiro atoms. The van der Waals surface area contributed by atoms with Gasteiger partial charge in [-0.05, 0) is 18.6 Å². The van der Waals surface area contributed by atoms with Crippen LogP contribution in [0, 0.1) is 6.92 Å². The fraction of sp³-hybridized carbons (Fsp3) is 0.417. The van der Waals surface area contributed by atoms with Crippen LogP contribution in [0.5, 0.6) is 0 Å². The molecule has 0 fully saturated rings. The summed E-state index contributed by atoms with van der Waals surface area (Å²) in [4.78, 5) is 8.54. The lowest BCUT2D eigenvalue weighted by molar-refractivity contribution is 0.102. The Labute approximate surface area is 105 Å². The number of methoxy groups -OCH3 is 1. The van der Waals surface area contributed by atoms with Crippen molar-refractivity contribution < 1.29 is 9.26 Å². The van der Waals surface area contributed by atoms with Crippen LogP contribution in [-0.4, -0.2) is 34.9 Å². The number of pyridine rings is 1. The zero-order chi connectivity index (χ0) is 13.0. The number of rotatable bonds is 5. The molecule has 2 rings (SSSR count). The van der Waals surface area contributed by atoms with Gasteiger partial charge >= 0.3 is 0 Å². The minimum absolute atomic E-state index is 0.108.